The number of hydrogen-bond donors (Lipinski definition) is 1. The summed E-state index contributed by atoms with van der Waals surface area (Å²) in [5.41, 5.74) is 6.74. The monoisotopic (exact) mass is 474 g/mol. The van der Waals surface area contributed by atoms with Crippen molar-refractivity contribution in [2.75, 3.05) is 18.1 Å². The Balaban J connectivity index is 1.36. The SMILES string of the molecule is CC(C)Oc1ccc2cccc(OC[C@H]3CCCN3c3ncnc4c3ncn4CCC(N)=O)c2c1. The van der Waals surface area contributed by atoms with Crippen LogP contribution in [0.4, 0.5) is 5.82 Å². The summed E-state index contributed by atoms with van der Waals surface area (Å²) < 4.78 is 14.1. The summed E-state index contributed by atoms with van der Waals surface area (Å²) in [5, 5.41) is 2.15. The second-order valence-corrected chi connectivity index (χ2v) is 9.13. The first-order valence-corrected chi connectivity index (χ1v) is 12.0. The Kier molecular flexibility index (Phi) is 6.39. The van der Waals surface area contributed by atoms with Crippen LogP contribution in [0.3, 0.4) is 0 Å². The average molecular weight is 475 g/mol. The number of anilines is 1. The molecule has 5 rings (SSSR count). The van der Waals surface area contributed by atoms with Gasteiger partial charge in [-0.1, -0.05) is 18.2 Å². The highest BCUT2D eigenvalue weighted by atomic mass is 16.5. The molecule has 1 atom stereocenters. The highest BCUT2D eigenvalue weighted by Gasteiger charge is 2.29. The molecule has 0 spiro atoms. The van der Waals surface area contributed by atoms with Crippen molar-refractivity contribution in [3.8, 4) is 11.5 Å². The summed E-state index contributed by atoms with van der Waals surface area (Å²) in [4.78, 5) is 27.0. The van der Waals surface area contributed by atoms with Crippen LogP contribution < -0.4 is 20.1 Å². The van der Waals surface area contributed by atoms with E-state index in [4.69, 9.17) is 15.2 Å². The predicted molar refractivity (Wildman–Crippen MR) is 135 cm³/mol. The number of primary amides is 1. The van der Waals surface area contributed by atoms with Gasteiger partial charge in [0.05, 0.1) is 18.5 Å². The Morgan fingerprint density at radius 2 is 2.09 bits per heavy atom. The van der Waals surface area contributed by atoms with Crippen LogP contribution in [0, 0.1) is 0 Å². The first kappa shape index (κ1) is 22.9. The zero-order valence-electron chi connectivity index (χ0n) is 20.1. The molecule has 9 heteroatoms. The lowest BCUT2D eigenvalue weighted by atomic mass is 10.1. The number of carbonyl (C=O) groups excluding carboxylic acids is 1. The van der Waals surface area contributed by atoms with Crippen LogP contribution in [0.2, 0.25) is 0 Å². The van der Waals surface area contributed by atoms with Crippen molar-refractivity contribution in [2.45, 2.75) is 51.8 Å². The van der Waals surface area contributed by atoms with E-state index >= 15 is 0 Å². The van der Waals surface area contributed by atoms with Gasteiger partial charge in [0.2, 0.25) is 5.91 Å². The lowest BCUT2D eigenvalue weighted by Crippen LogP contribution is -2.35. The van der Waals surface area contributed by atoms with Crippen molar-refractivity contribution < 1.29 is 14.3 Å². The van der Waals surface area contributed by atoms with Crippen LogP contribution in [-0.4, -0.2) is 50.7 Å². The maximum atomic E-state index is 11.2. The molecule has 2 N–H and O–H groups in total. The molecule has 9 nitrogen and oxygen atoms in total. The van der Waals surface area contributed by atoms with Crippen LogP contribution in [0.5, 0.6) is 11.5 Å². The quantitative estimate of drug-likeness (QED) is 0.394. The van der Waals surface area contributed by atoms with Gasteiger partial charge in [-0.05, 0) is 50.3 Å². The van der Waals surface area contributed by atoms with E-state index in [2.05, 4.69) is 32.0 Å². The lowest BCUT2D eigenvalue weighted by molar-refractivity contribution is -0.118. The van der Waals surface area contributed by atoms with Gasteiger partial charge in [-0.15, -0.1) is 0 Å². The van der Waals surface area contributed by atoms with E-state index in [1.54, 1.807) is 12.7 Å². The fraction of sp³-hybridized carbons (Fsp3) is 0.385. The zero-order valence-corrected chi connectivity index (χ0v) is 20.1. The van der Waals surface area contributed by atoms with E-state index in [9.17, 15) is 4.79 Å². The molecule has 1 fully saturated rings. The molecule has 2 aromatic heterocycles. The number of nitrogens with two attached hydrogens (primary N) is 1. The van der Waals surface area contributed by atoms with E-state index in [1.807, 2.05) is 42.7 Å². The lowest BCUT2D eigenvalue weighted by Gasteiger charge is -2.26. The van der Waals surface area contributed by atoms with E-state index in [1.165, 1.54) is 0 Å². The smallest absolute Gasteiger partial charge is 0.219 e. The minimum absolute atomic E-state index is 0.108. The minimum Gasteiger partial charge on any atom is -0.491 e. The van der Waals surface area contributed by atoms with Gasteiger partial charge in [-0.3, -0.25) is 4.79 Å². The standard InChI is InChI=1S/C26H30N6O3/c1-17(2)35-20-9-8-18-5-3-7-22(21(18)13-20)34-14-19-6-4-11-32(19)26-24-25(28-15-29-26)31(16-30-24)12-10-23(27)33/h3,5,7-9,13,15-17,19H,4,6,10-12,14H2,1-2H3,(H2,27,33)/t19-/m1/s1. The third-order valence-corrected chi connectivity index (χ3v) is 6.25. The molecule has 0 radical (unpaired) electrons. The van der Waals surface area contributed by atoms with Crippen molar-refractivity contribution in [3.63, 3.8) is 0 Å². The number of hydrogen-bond acceptors (Lipinski definition) is 7. The van der Waals surface area contributed by atoms with Crippen LogP contribution in [0.1, 0.15) is 33.1 Å². The molecule has 1 saturated heterocycles. The topological polar surface area (TPSA) is 108 Å². The number of fused-ring (bicyclic) bond motifs is 2. The maximum Gasteiger partial charge on any atom is 0.219 e. The molecule has 0 unspecified atom stereocenters. The zero-order chi connectivity index (χ0) is 24.4. The van der Waals surface area contributed by atoms with Gasteiger partial charge in [0.15, 0.2) is 17.0 Å². The Hall–Kier alpha value is -3.88. The second kappa shape index (κ2) is 9.77. The van der Waals surface area contributed by atoms with Gasteiger partial charge in [0.25, 0.3) is 0 Å². The number of amides is 1. The molecular weight excluding hydrogens is 444 g/mol. The van der Waals surface area contributed by atoms with Gasteiger partial charge in [0.1, 0.15) is 24.4 Å². The minimum atomic E-state index is -0.353. The van der Waals surface area contributed by atoms with Crippen LogP contribution >= 0.6 is 0 Å². The van der Waals surface area contributed by atoms with Crippen molar-refractivity contribution in [2.24, 2.45) is 5.73 Å². The maximum absolute atomic E-state index is 11.2. The molecule has 0 saturated carbocycles. The van der Waals surface area contributed by atoms with E-state index in [0.717, 1.165) is 53.0 Å². The molecule has 1 aliphatic rings. The molecule has 0 aliphatic carbocycles. The van der Waals surface area contributed by atoms with Gasteiger partial charge >= 0.3 is 0 Å². The van der Waals surface area contributed by atoms with Crippen LogP contribution in [0.25, 0.3) is 21.9 Å². The van der Waals surface area contributed by atoms with E-state index in [0.29, 0.717) is 18.8 Å². The predicted octanol–water partition coefficient (Wildman–Crippen LogP) is 3.69. The summed E-state index contributed by atoms with van der Waals surface area (Å²) in [6.45, 7) is 5.88. The first-order valence-electron chi connectivity index (χ1n) is 12.0. The van der Waals surface area contributed by atoms with Gasteiger partial charge < -0.3 is 24.7 Å². The number of nitrogens with zero attached hydrogens (tertiary/aromatic N) is 5. The molecule has 4 aromatic rings. The summed E-state index contributed by atoms with van der Waals surface area (Å²) in [6, 6.07) is 12.4. The molecular formula is C26H30N6O3. The fourth-order valence-corrected chi connectivity index (χ4v) is 4.64. The second-order valence-electron chi connectivity index (χ2n) is 9.13. The largest absolute Gasteiger partial charge is 0.491 e. The van der Waals surface area contributed by atoms with E-state index < -0.39 is 0 Å². The molecule has 3 heterocycles. The number of benzene rings is 2. The fourth-order valence-electron chi connectivity index (χ4n) is 4.64. The Bertz CT molecular complexity index is 1350. The highest BCUT2D eigenvalue weighted by Crippen LogP contribution is 2.32. The number of aryl methyl sites for hydroxylation is 1. The average Bonchev–Trinajstić information content (AvgIpc) is 3.48. The highest BCUT2D eigenvalue weighted by molar-refractivity contribution is 5.89. The molecule has 2 aromatic carbocycles. The third-order valence-electron chi connectivity index (χ3n) is 6.25. The van der Waals surface area contributed by atoms with Crippen LogP contribution in [0.15, 0.2) is 49.1 Å². The number of rotatable bonds is 9. The summed E-state index contributed by atoms with van der Waals surface area (Å²) in [6.07, 6.45) is 5.64. The van der Waals surface area contributed by atoms with E-state index in [-0.39, 0.29) is 24.5 Å². The van der Waals surface area contributed by atoms with Crippen molar-refractivity contribution in [1.82, 2.24) is 19.5 Å². The molecule has 1 amide bonds. The van der Waals surface area contributed by atoms with Gasteiger partial charge in [-0.2, -0.15) is 0 Å². The third kappa shape index (κ3) is 4.84. The van der Waals surface area contributed by atoms with Crippen LogP contribution in [-0.2, 0) is 11.3 Å². The summed E-state index contributed by atoms with van der Waals surface area (Å²) in [5.74, 6) is 2.12. The molecule has 0 bridgehead atoms. The van der Waals surface area contributed by atoms with Gasteiger partial charge in [-0.25, -0.2) is 15.0 Å². The summed E-state index contributed by atoms with van der Waals surface area (Å²) >= 11 is 0. The molecule has 35 heavy (non-hydrogen) atoms. The number of carbonyl (C=O) groups is 1. The Morgan fingerprint density at radius 3 is 2.91 bits per heavy atom. The first-order chi connectivity index (χ1) is 17.0. The Labute approximate surface area is 203 Å². The van der Waals surface area contributed by atoms with Crippen molar-refractivity contribution in [1.29, 1.82) is 0 Å². The number of ether oxygens (including phenoxy) is 2. The molecule has 1 aliphatic heterocycles. The molecule has 182 valence electrons. The van der Waals surface area contributed by atoms with Crippen molar-refractivity contribution >= 4 is 33.7 Å². The summed E-state index contributed by atoms with van der Waals surface area (Å²) in [7, 11) is 0. The number of imidazole rings is 1. The normalized spacial score (nSPS) is 15.9. The number of aromatic nitrogens is 4. The Morgan fingerprint density at radius 1 is 1.20 bits per heavy atom. The van der Waals surface area contributed by atoms with Crippen molar-refractivity contribution in [3.05, 3.63) is 49.1 Å². The van der Waals surface area contributed by atoms with Gasteiger partial charge in [0, 0.05) is 24.9 Å².